The van der Waals surface area contributed by atoms with E-state index >= 15 is 0 Å². The van der Waals surface area contributed by atoms with Crippen LogP contribution in [-0.4, -0.2) is 0 Å². The Labute approximate surface area is 261 Å². The normalized spacial score (nSPS) is 12.5. The van der Waals surface area contributed by atoms with Crippen molar-refractivity contribution in [3.63, 3.8) is 0 Å². The number of hydrogen-bond acceptors (Lipinski definition) is 1. The van der Waals surface area contributed by atoms with Crippen LogP contribution in [0.15, 0.2) is 171 Å². The Hall–Kier alpha value is -5.66. The predicted molar refractivity (Wildman–Crippen MR) is 192 cm³/mol. The lowest BCUT2D eigenvalue weighted by Gasteiger charge is -2.26. The van der Waals surface area contributed by atoms with Gasteiger partial charge in [-0.3, -0.25) is 0 Å². The smallest absolute Gasteiger partial charge is 0.0462 e. The molecule has 1 aliphatic carbocycles. The molecule has 1 heteroatoms. The van der Waals surface area contributed by atoms with Gasteiger partial charge in [0.1, 0.15) is 0 Å². The van der Waals surface area contributed by atoms with Gasteiger partial charge in [-0.2, -0.15) is 0 Å². The van der Waals surface area contributed by atoms with Crippen LogP contribution in [0.4, 0.5) is 11.4 Å². The van der Waals surface area contributed by atoms with Crippen molar-refractivity contribution in [2.24, 2.45) is 0 Å². The standard InChI is InChI=1S/C43H35N/c1-4-32-10-16-36(17-11-32)35-8-7-9-41(27-22-35)44(42-28-23-39(24-29-42)37-18-12-33(5-2)13-19-37)43-30-25-40(26-31-43)38-20-14-34(6-3)15-21-38/h4-7,9-31H,1-3,8H2. The topological polar surface area (TPSA) is 3.24 Å². The first-order chi connectivity index (χ1) is 21.6. The van der Waals surface area contributed by atoms with E-state index in [0.29, 0.717) is 0 Å². The fraction of sp³-hybridized carbons (Fsp3) is 0.0233. The number of rotatable bonds is 9. The minimum atomic E-state index is 0.862. The van der Waals surface area contributed by atoms with Crippen LogP contribution in [-0.2, 0) is 0 Å². The molecule has 0 atom stereocenters. The van der Waals surface area contributed by atoms with Crippen LogP contribution in [0.25, 0.3) is 46.1 Å². The average Bonchev–Trinajstić information content (AvgIpc) is 3.35. The highest BCUT2D eigenvalue weighted by Gasteiger charge is 2.15. The third-order valence-electron chi connectivity index (χ3n) is 8.07. The molecule has 1 nitrogen and oxygen atoms in total. The van der Waals surface area contributed by atoms with E-state index in [1.807, 2.05) is 18.2 Å². The second-order valence-corrected chi connectivity index (χ2v) is 10.8. The van der Waals surface area contributed by atoms with Gasteiger partial charge >= 0.3 is 0 Å². The van der Waals surface area contributed by atoms with Crippen LogP contribution in [0.5, 0.6) is 0 Å². The molecule has 0 bridgehead atoms. The molecule has 0 fully saturated rings. The van der Waals surface area contributed by atoms with Crippen molar-refractivity contribution < 1.29 is 0 Å². The molecule has 0 spiro atoms. The van der Waals surface area contributed by atoms with Crippen molar-refractivity contribution in [2.45, 2.75) is 6.42 Å². The molecule has 0 saturated heterocycles. The molecule has 0 heterocycles. The van der Waals surface area contributed by atoms with Crippen LogP contribution < -0.4 is 4.90 Å². The predicted octanol–water partition coefficient (Wildman–Crippen LogP) is 12.0. The maximum absolute atomic E-state index is 3.89. The maximum Gasteiger partial charge on any atom is 0.0462 e. The summed E-state index contributed by atoms with van der Waals surface area (Å²) in [4.78, 5) is 2.33. The molecular formula is C43H35N. The summed E-state index contributed by atoms with van der Waals surface area (Å²) in [6.07, 6.45) is 15.4. The number of allylic oxidation sites excluding steroid dienone is 5. The Morgan fingerprint density at radius 1 is 0.432 bits per heavy atom. The highest BCUT2D eigenvalue weighted by molar-refractivity contribution is 5.78. The van der Waals surface area contributed by atoms with Crippen molar-refractivity contribution >= 4 is 35.2 Å². The number of benzene rings is 5. The third-order valence-corrected chi connectivity index (χ3v) is 8.07. The minimum absolute atomic E-state index is 0.862. The summed E-state index contributed by atoms with van der Waals surface area (Å²) < 4.78 is 0. The zero-order chi connectivity index (χ0) is 30.3. The van der Waals surface area contributed by atoms with Gasteiger partial charge in [0.25, 0.3) is 0 Å². The number of anilines is 2. The van der Waals surface area contributed by atoms with Crippen LogP contribution in [0.2, 0.25) is 0 Å². The van der Waals surface area contributed by atoms with Crippen molar-refractivity contribution in [2.75, 3.05) is 4.90 Å². The molecule has 0 unspecified atom stereocenters. The van der Waals surface area contributed by atoms with E-state index in [-0.39, 0.29) is 0 Å². The highest BCUT2D eigenvalue weighted by Crippen LogP contribution is 2.35. The van der Waals surface area contributed by atoms with Crippen molar-refractivity contribution in [1.82, 2.24) is 0 Å². The van der Waals surface area contributed by atoms with E-state index in [1.165, 1.54) is 33.4 Å². The third kappa shape index (κ3) is 6.23. The van der Waals surface area contributed by atoms with E-state index in [9.17, 15) is 0 Å². The van der Waals surface area contributed by atoms with Crippen LogP contribution in [0, 0.1) is 0 Å². The van der Waals surface area contributed by atoms with Crippen LogP contribution in [0.1, 0.15) is 28.7 Å². The second-order valence-electron chi connectivity index (χ2n) is 10.8. The fourth-order valence-electron chi connectivity index (χ4n) is 5.49. The molecule has 44 heavy (non-hydrogen) atoms. The lowest BCUT2D eigenvalue weighted by atomic mass is 10.0. The van der Waals surface area contributed by atoms with E-state index in [4.69, 9.17) is 0 Å². The number of hydrogen-bond donors (Lipinski definition) is 0. The van der Waals surface area contributed by atoms with Gasteiger partial charge in [-0.1, -0.05) is 147 Å². The SMILES string of the molecule is C=Cc1ccc(C2=CC=C(N(c3ccc(-c4ccc(C=C)cc4)cc3)c3ccc(-c4ccc(C=C)cc4)cc3)C=CC2)cc1. The van der Waals surface area contributed by atoms with Gasteiger partial charge in [-0.15, -0.1) is 0 Å². The Kier molecular flexibility index (Phi) is 8.48. The largest absolute Gasteiger partial charge is 0.311 e. The molecule has 6 rings (SSSR count). The Morgan fingerprint density at radius 3 is 1.18 bits per heavy atom. The first-order valence-corrected chi connectivity index (χ1v) is 14.9. The zero-order valence-corrected chi connectivity index (χ0v) is 24.9. The van der Waals surface area contributed by atoms with Crippen molar-refractivity contribution in [1.29, 1.82) is 0 Å². The lowest BCUT2D eigenvalue weighted by molar-refractivity contribution is 1.21. The van der Waals surface area contributed by atoms with Crippen molar-refractivity contribution in [3.05, 3.63) is 193 Å². The summed E-state index contributed by atoms with van der Waals surface area (Å²) in [7, 11) is 0. The van der Waals surface area contributed by atoms with E-state index < -0.39 is 0 Å². The van der Waals surface area contributed by atoms with Gasteiger partial charge in [0.05, 0.1) is 0 Å². The summed E-state index contributed by atoms with van der Waals surface area (Å²) in [5, 5.41) is 0. The van der Waals surface area contributed by atoms with Gasteiger partial charge in [0, 0.05) is 17.1 Å². The van der Waals surface area contributed by atoms with Gasteiger partial charge in [-0.25, -0.2) is 0 Å². The fourth-order valence-corrected chi connectivity index (χ4v) is 5.49. The molecule has 0 aliphatic heterocycles. The van der Waals surface area contributed by atoms with E-state index in [2.05, 4.69) is 170 Å². The van der Waals surface area contributed by atoms with E-state index in [1.54, 1.807) is 0 Å². The number of nitrogens with zero attached hydrogens (tertiary/aromatic N) is 1. The Morgan fingerprint density at radius 2 is 0.795 bits per heavy atom. The highest BCUT2D eigenvalue weighted by atomic mass is 15.1. The molecule has 0 N–H and O–H groups in total. The van der Waals surface area contributed by atoms with E-state index in [0.717, 1.165) is 40.2 Å². The summed E-state index contributed by atoms with van der Waals surface area (Å²) in [5.74, 6) is 0. The van der Waals surface area contributed by atoms with Gasteiger partial charge in [0.15, 0.2) is 0 Å². The molecule has 5 aromatic rings. The first kappa shape index (κ1) is 28.5. The molecular weight excluding hydrogens is 530 g/mol. The zero-order valence-electron chi connectivity index (χ0n) is 24.9. The molecule has 0 amide bonds. The molecule has 0 saturated carbocycles. The molecule has 5 aromatic carbocycles. The summed E-state index contributed by atoms with van der Waals surface area (Å²) >= 11 is 0. The molecule has 212 valence electrons. The lowest BCUT2D eigenvalue weighted by Crippen LogP contribution is -2.15. The quantitative estimate of drug-likeness (QED) is 0.172. The molecule has 1 aliphatic rings. The summed E-state index contributed by atoms with van der Waals surface area (Å²) in [6.45, 7) is 11.6. The summed E-state index contributed by atoms with van der Waals surface area (Å²) in [5.41, 5.74) is 13.9. The van der Waals surface area contributed by atoms with Gasteiger partial charge < -0.3 is 4.90 Å². The minimum Gasteiger partial charge on any atom is -0.311 e. The van der Waals surface area contributed by atoms with Crippen molar-refractivity contribution in [3.8, 4) is 22.3 Å². The first-order valence-electron chi connectivity index (χ1n) is 14.9. The van der Waals surface area contributed by atoms with Gasteiger partial charge in [0.2, 0.25) is 0 Å². The Bertz CT molecular complexity index is 1770. The van der Waals surface area contributed by atoms with Crippen LogP contribution in [0.3, 0.4) is 0 Å². The average molecular weight is 566 g/mol. The Balaban J connectivity index is 1.37. The summed E-state index contributed by atoms with van der Waals surface area (Å²) in [6, 6.07) is 43.2. The maximum atomic E-state index is 3.89. The molecule has 0 radical (unpaired) electrons. The van der Waals surface area contributed by atoms with Gasteiger partial charge in [-0.05, 0) is 92.9 Å². The monoisotopic (exact) mass is 565 g/mol. The van der Waals surface area contributed by atoms with Crippen LogP contribution >= 0.6 is 0 Å². The molecule has 0 aromatic heterocycles. The second kappa shape index (κ2) is 13.1.